The van der Waals surface area contributed by atoms with Crippen molar-refractivity contribution in [2.24, 2.45) is 10.7 Å². The lowest BCUT2D eigenvalue weighted by atomic mass is 10.2. The average Bonchev–Trinajstić information content (AvgIpc) is 2.85. The van der Waals surface area contributed by atoms with Crippen LogP contribution in [0.4, 0.5) is 0 Å². The largest absolute Gasteiger partial charge is 0.370 e. The molecular formula is C14H18N4O. The zero-order chi connectivity index (χ0) is 13.7. The summed E-state index contributed by atoms with van der Waals surface area (Å²) in [6.07, 6.45) is 0. The van der Waals surface area contributed by atoms with Crippen molar-refractivity contribution < 1.29 is 4.52 Å². The molecule has 2 rings (SSSR count). The minimum Gasteiger partial charge on any atom is -0.370 e. The van der Waals surface area contributed by atoms with E-state index in [1.807, 2.05) is 50.2 Å². The van der Waals surface area contributed by atoms with Crippen molar-refractivity contribution in [1.29, 1.82) is 0 Å². The van der Waals surface area contributed by atoms with Gasteiger partial charge in [0.1, 0.15) is 5.69 Å². The van der Waals surface area contributed by atoms with E-state index >= 15 is 0 Å². The molecule has 19 heavy (non-hydrogen) atoms. The predicted octanol–water partition coefficient (Wildman–Crippen LogP) is 2.15. The molecule has 3 N–H and O–H groups in total. The van der Waals surface area contributed by atoms with Crippen molar-refractivity contribution in [3.05, 3.63) is 42.1 Å². The van der Waals surface area contributed by atoms with Gasteiger partial charge in [-0.15, -0.1) is 0 Å². The lowest BCUT2D eigenvalue weighted by molar-refractivity contribution is 0.424. The summed E-state index contributed by atoms with van der Waals surface area (Å²) < 4.78 is 5.28. The number of aromatic nitrogens is 1. The van der Waals surface area contributed by atoms with Crippen molar-refractivity contribution >= 4 is 5.96 Å². The Labute approximate surface area is 112 Å². The van der Waals surface area contributed by atoms with E-state index in [0.29, 0.717) is 12.5 Å². The summed E-state index contributed by atoms with van der Waals surface area (Å²) in [4.78, 5) is 4.20. The summed E-state index contributed by atoms with van der Waals surface area (Å²) in [5.41, 5.74) is 7.48. The molecule has 0 saturated heterocycles. The van der Waals surface area contributed by atoms with Gasteiger partial charge in [0.05, 0.1) is 6.54 Å². The fourth-order valence-corrected chi connectivity index (χ4v) is 1.63. The Morgan fingerprint density at radius 3 is 2.79 bits per heavy atom. The molecule has 0 bridgehead atoms. The smallest absolute Gasteiger partial charge is 0.189 e. The molecule has 0 atom stereocenters. The summed E-state index contributed by atoms with van der Waals surface area (Å²) in [7, 11) is 0. The van der Waals surface area contributed by atoms with E-state index in [1.165, 1.54) is 0 Å². The predicted molar refractivity (Wildman–Crippen MR) is 75.5 cm³/mol. The van der Waals surface area contributed by atoms with Gasteiger partial charge >= 0.3 is 0 Å². The third-order valence-corrected chi connectivity index (χ3v) is 2.47. The maximum Gasteiger partial charge on any atom is 0.189 e. The van der Waals surface area contributed by atoms with Crippen LogP contribution in [0.25, 0.3) is 11.3 Å². The minimum absolute atomic E-state index is 0.265. The van der Waals surface area contributed by atoms with Crippen LogP contribution in [0.2, 0.25) is 0 Å². The molecule has 0 aliphatic heterocycles. The van der Waals surface area contributed by atoms with Gasteiger partial charge in [0, 0.05) is 17.7 Å². The molecule has 1 aromatic carbocycles. The average molecular weight is 258 g/mol. The lowest BCUT2D eigenvalue weighted by Gasteiger charge is -2.07. The Morgan fingerprint density at radius 1 is 1.37 bits per heavy atom. The molecule has 0 unspecified atom stereocenters. The van der Waals surface area contributed by atoms with Crippen LogP contribution in [0.1, 0.15) is 19.5 Å². The third-order valence-electron chi connectivity index (χ3n) is 2.47. The summed E-state index contributed by atoms with van der Waals surface area (Å²) in [5, 5.41) is 7.00. The van der Waals surface area contributed by atoms with Gasteiger partial charge in [0.15, 0.2) is 11.7 Å². The maximum atomic E-state index is 5.72. The van der Waals surface area contributed by atoms with E-state index < -0.39 is 0 Å². The molecule has 1 aromatic heterocycles. The first-order valence-corrected chi connectivity index (χ1v) is 6.22. The Bertz CT molecular complexity index is 546. The Hall–Kier alpha value is -2.30. The number of guanidine groups is 1. The van der Waals surface area contributed by atoms with Crippen molar-refractivity contribution in [2.75, 3.05) is 0 Å². The van der Waals surface area contributed by atoms with Gasteiger partial charge in [0.2, 0.25) is 0 Å². The molecule has 0 saturated carbocycles. The Balaban J connectivity index is 2.02. The standard InChI is InChI=1S/C14H18N4O/c1-10(2)17-14(15)16-9-12-8-13(19-18-12)11-6-4-3-5-7-11/h3-8,10H,9H2,1-2H3,(H3,15,16,17). The molecular weight excluding hydrogens is 240 g/mol. The second-order valence-electron chi connectivity index (χ2n) is 4.55. The zero-order valence-electron chi connectivity index (χ0n) is 11.1. The van der Waals surface area contributed by atoms with Gasteiger partial charge in [0.25, 0.3) is 0 Å². The normalized spacial score (nSPS) is 11.8. The summed E-state index contributed by atoms with van der Waals surface area (Å²) >= 11 is 0. The number of rotatable bonds is 4. The molecule has 0 spiro atoms. The van der Waals surface area contributed by atoms with Gasteiger partial charge in [-0.1, -0.05) is 35.5 Å². The number of hydrogen-bond donors (Lipinski definition) is 2. The highest BCUT2D eigenvalue weighted by Gasteiger charge is 2.05. The van der Waals surface area contributed by atoms with Crippen LogP contribution in [-0.2, 0) is 6.54 Å². The highest BCUT2D eigenvalue weighted by atomic mass is 16.5. The number of nitrogens with zero attached hydrogens (tertiary/aromatic N) is 2. The summed E-state index contributed by atoms with van der Waals surface area (Å²) in [5.74, 6) is 1.15. The van der Waals surface area contributed by atoms with Gasteiger partial charge in [-0.2, -0.15) is 0 Å². The van der Waals surface area contributed by atoms with Gasteiger partial charge in [-0.3, -0.25) is 0 Å². The van der Waals surface area contributed by atoms with E-state index in [2.05, 4.69) is 15.5 Å². The van der Waals surface area contributed by atoms with E-state index in [1.54, 1.807) is 0 Å². The number of aliphatic imine (C=N–C) groups is 1. The van der Waals surface area contributed by atoms with Crippen LogP contribution in [-0.4, -0.2) is 17.2 Å². The van der Waals surface area contributed by atoms with E-state index in [9.17, 15) is 0 Å². The topological polar surface area (TPSA) is 76.4 Å². The van der Waals surface area contributed by atoms with Crippen molar-refractivity contribution in [3.8, 4) is 11.3 Å². The van der Waals surface area contributed by atoms with Crippen LogP contribution in [0.3, 0.4) is 0 Å². The Morgan fingerprint density at radius 2 is 2.11 bits per heavy atom. The summed E-state index contributed by atoms with van der Waals surface area (Å²) in [6.45, 7) is 4.42. The van der Waals surface area contributed by atoms with Crippen molar-refractivity contribution in [2.45, 2.75) is 26.4 Å². The molecule has 5 heteroatoms. The van der Waals surface area contributed by atoms with Gasteiger partial charge in [-0.05, 0) is 13.8 Å². The molecule has 0 fully saturated rings. The second kappa shape index (κ2) is 6.04. The lowest BCUT2D eigenvalue weighted by Crippen LogP contribution is -2.36. The zero-order valence-corrected chi connectivity index (χ0v) is 11.1. The van der Waals surface area contributed by atoms with Crippen LogP contribution in [0, 0.1) is 0 Å². The van der Waals surface area contributed by atoms with Crippen LogP contribution >= 0.6 is 0 Å². The first kappa shape index (κ1) is 13.1. The fourth-order valence-electron chi connectivity index (χ4n) is 1.63. The minimum atomic E-state index is 0.265. The summed E-state index contributed by atoms with van der Waals surface area (Å²) in [6, 6.07) is 12.0. The highest BCUT2D eigenvalue weighted by molar-refractivity contribution is 5.78. The first-order chi connectivity index (χ1) is 9.15. The quantitative estimate of drug-likeness (QED) is 0.650. The first-order valence-electron chi connectivity index (χ1n) is 6.22. The number of benzene rings is 1. The maximum absolute atomic E-state index is 5.72. The van der Waals surface area contributed by atoms with E-state index in [-0.39, 0.29) is 6.04 Å². The van der Waals surface area contributed by atoms with Crippen LogP contribution in [0.5, 0.6) is 0 Å². The molecule has 5 nitrogen and oxygen atoms in total. The molecule has 0 aliphatic rings. The number of nitrogens with two attached hydrogens (primary N) is 1. The van der Waals surface area contributed by atoms with Crippen molar-refractivity contribution in [3.63, 3.8) is 0 Å². The van der Waals surface area contributed by atoms with Crippen LogP contribution in [0.15, 0.2) is 45.9 Å². The number of hydrogen-bond acceptors (Lipinski definition) is 3. The van der Waals surface area contributed by atoms with E-state index in [0.717, 1.165) is 17.0 Å². The van der Waals surface area contributed by atoms with Crippen molar-refractivity contribution in [1.82, 2.24) is 10.5 Å². The molecule has 0 aliphatic carbocycles. The Kier molecular flexibility index (Phi) is 4.18. The molecule has 0 radical (unpaired) electrons. The van der Waals surface area contributed by atoms with Gasteiger partial charge < -0.3 is 15.6 Å². The third kappa shape index (κ3) is 3.84. The number of nitrogens with one attached hydrogen (secondary N) is 1. The molecule has 2 aromatic rings. The highest BCUT2D eigenvalue weighted by Crippen LogP contribution is 2.19. The molecule has 100 valence electrons. The van der Waals surface area contributed by atoms with E-state index in [4.69, 9.17) is 10.3 Å². The molecule has 1 heterocycles. The monoisotopic (exact) mass is 258 g/mol. The molecule has 0 amide bonds. The van der Waals surface area contributed by atoms with Crippen LogP contribution < -0.4 is 11.1 Å². The van der Waals surface area contributed by atoms with Gasteiger partial charge in [-0.25, -0.2) is 4.99 Å². The SMILES string of the molecule is CC(C)NC(N)=NCc1cc(-c2ccccc2)on1. The fraction of sp³-hybridized carbons (Fsp3) is 0.286. The second-order valence-corrected chi connectivity index (χ2v) is 4.55.